The van der Waals surface area contributed by atoms with Crippen molar-refractivity contribution < 1.29 is 14.0 Å². The summed E-state index contributed by atoms with van der Waals surface area (Å²) in [5.41, 5.74) is 1.23. The molecule has 1 unspecified atom stereocenters. The minimum atomic E-state index is -0.744. The first kappa shape index (κ1) is 20.4. The number of aliphatic imine (C=N–C) groups is 1. The number of hydrazone groups is 1. The third-order valence-corrected chi connectivity index (χ3v) is 6.60. The van der Waals surface area contributed by atoms with Crippen LogP contribution in [0.1, 0.15) is 25.0 Å². The smallest absolute Gasteiger partial charge is 0.264 e. The zero-order valence-corrected chi connectivity index (χ0v) is 17.8. The van der Waals surface area contributed by atoms with Crippen LogP contribution in [-0.2, 0) is 14.5 Å². The maximum absolute atomic E-state index is 13.9. The molecule has 0 aliphatic carbocycles. The zero-order chi connectivity index (χ0) is 21.3. The van der Waals surface area contributed by atoms with Crippen molar-refractivity contribution in [1.29, 1.82) is 0 Å². The van der Waals surface area contributed by atoms with Gasteiger partial charge in [-0.05, 0) is 48.2 Å². The van der Waals surface area contributed by atoms with E-state index in [0.717, 1.165) is 17.3 Å². The van der Waals surface area contributed by atoms with E-state index in [-0.39, 0.29) is 11.8 Å². The number of rotatable bonds is 2. The van der Waals surface area contributed by atoms with Crippen LogP contribution in [0.2, 0.25) is 0 Å². The summed E-state index contributed by atoms with van der Waals surface area (Å²) in [6, 6.07) is 15.8. The molecule has 1 N–H and O–H groups in total. The second kappa shape index (κ2) is 8.08. The summed E-state index contributed by atoms with van der Waals surface area (Å²) in [5.74, 6) is -0.984. The number of benzene rings is 2. The van der Waals surface area contributed by atoms with Gasteiger partial charge in [-0.3, -0.25) is 9.59 Å². The molecule has 2 aromatic rings. The SMILES string of the molecule is CC(=O)N1N=C(/N=C2\NC(=O)/C(=C/c3ccccc3F)S2)SC1(C)c1ccccc1. The van der Waals surface area contributed by atoms with Gasteiger partial charge >= 0.3 is 0 Å². The van der Waals surface area contributed by atoms with Crippen molar-refractivity contribution in [3.8, 4) is 0 Å². The van der Waals surface area contributed by atoms with Crippen molar-refractivity contribution in [2.24, 2.45) is 10.1 Å². The molecule has 2 heterocycles. The molecule has 0 aromatic heterocycles. The van der Waals surface area contributed by atoms with Crippen LogP contribution in [0, 0.1) is 5.82 Å². The lowest BCUT2D eigenvalue weighted by molar-refractivity contribution is -0.131. The monoisotopic (exact) mass is 440 g/mol. The normalized spacial score (nSPS) is 23.8. The van der Waals surface area contributed by atoms with Crippen molar-refractivity contribution >= 4 is 51.7 Å². The quantitative estimate of drug-likeness (QED) is 0.713. The van der Waals surface area contributed by atoms with Gasteiger partial charge in [0.15, 0.2) is 5.17 Å². The van der Waals surface area contributed by atoms with Gasteiger partial charge in [-0.2, -0.15) is 4.99 Å². The number of thioether (sulfide) groups is 2. The molecule has 0 spiro atoms. The lowest BCUT2D eigenvalue weighted by Gasteiger charge is -2.30. The minimum absolute atomic E-state index is 0.215. The number of carbonyl (C=O) groups excluding carboxylic acids is 2. The van der Waals surface area contributed by atoms with E-state index in [9.17, 15) is 14.0 Å². The fourth-order valence-corrected chi connectivity index (χ4v) is 5.06. The van der Waals surface area contributed by atoms with E-state index in [1.54, 1.807) is 18.2 Å². The number of hydrogen-bond acceptors (Lipinski definition) is 6. The van der Waals surface area contributed by atoms with Crippen molar-refractivity contribution in [2.75, 3.05) is 0 Å². The minimum Gasteiger partial charge on any atom is -0.300 e. The Morgan fingerprint density at radius 2 is 1.90 bits per heavy atom. The summed E-state index contributed by atoms with van der Waals surface area (Å²) in [7, 11) is 0. The van der Waals surface area contributed by atoms with Gasteiger partial charge in [0.25, 0.3) is 5.91 Å². The first-order chi connectivity index (χ1) is 14.4. The van der Waals surface area contributed by atoms with Gasteiger partial charge < -0.3 is 5.32 Å². The molecule has 2 aromatic carbocycles. The molecule has 6 nitrogen and oxygen atoms in total. The lowest BCUT2D eigenvalue weighted by Crippen LogP contribution is -2.37. The summed E-state index contributed by atoms with van der Waals surface area (Å²) in [6.07, 6.45) is 1.48. The summed E-state index contributed by atoms with van der Waals surface area (Å²) >= 11 is 2.42. The third kappa shape index (κ3) is 3.90. The molecular weight excluding hydrogens is 423 g/mol. The van der Waals surface area contributed by atoms with E-state index in [0.29, 0.717) is 20.8 Å². The highest BCUT2D eigenvalue weighted by Crippen LogP contribution is 2.46. The number of nitrogens with zero attached hydrogens (tertiary/aromatic N) is 3. The molecule has 9 heteroatoms. The molecule has 152 valence electrons. The van der Waals surface area contributed by atoms with E-state index in [1.807, 2.05) is 37.3 Å². The number of hydrogen-bond donors (Lipinski definition) is 1. The van der Waals surface area contributed by atoms with Crippen LogP contribution in [-0.4, -0.2) is 27.2 Å². The number of halogens is 1. The molecule has 1 saturated heterocycles. The van der Waals surface area contributed by atoms with Crippen molar-refractivity contribution in [1.82, 2.24) is 10.3 Å². The van der Waals surface area contributed by atoms with Gasteiger partial charge in [0.2, 0.25) is 11.1 Å². The largest absolute Gasteiger partial charge is 0.300 e. The van der Waals surface area contributed by atoms with Gasteiger partial charge in [-0.15, -0.1) is 5.10 Å². The highest BCUT2D eigenvalue weighted by molar-refractivity contribution is 8.19. The highest BCUT2D eigenvalue weighted by Gasteiger charge is 2.44. The molecule has 1 fully saturated rings. The lowest BCUT2D eigenvalue weighted by atomic mass is 10.1. The average molecular weight is 441 g/mol. The Bertz CT molecular complexity index is 1120. The first-order valence-corrected chi connectivity index (χ1v) is 10.7. The second-order valence-electron chi connectivity index (χ2n) is 6.67. The first-order valence-electron chi connectivity index (χ1n) is 9.05. The fourth-order valence-electron chi connectivity index (χ4n) is 3.07. The predicted molar refractivity (Wildman–Crippen MR) is 119 cm³/mol. The summed E-state index contributed by atoms with van der Waals surface area (Å²) < 4.78 is 13.9. The van der Waals surface area contributed by atoms with Crippen LogP contribution in [0.15, 0.2) is 69.6 Å². The van der Waals surface area contributed by atoms with Crippen LogP contribution in [0.25, 0.3) is 6.08 Å². The molecule has 2 aliphatic rings. The van der Waals surface area contributed by atoms with Crippen LogP contribution >= 0.6 is 23.5 Å². The van der Waals surface area contributed by atoms with Gasteiger partial charge in [0.05, 0.1) is 4.91 Å². The van der Waals surface area contributed by atoms with E-state index < -0.39 is 10.7 Å². The van der Waals surface area contributed by atoms with Crippen molar-refractivity contribution in [3.63, 3.8) is 0 Å². The van der Waals surface area contributed by atoms with E-state index in [1.165, 1.54) is 35.8 Å². The standard InChI is InChI=1S/C21H17FN4O2S2/c1-13(27)26-21(2,15-9-4-3-5-10-15)30-20(25-26)24-19-23-18(28)17(29-19)12-14-8-6-7-11-16(14)22/h3-12H,1-2H3,(H,23,24,25,28)/b17-12-. The van der Waals surface area contributed by atoms with Gasteiger partial charge in [0, 0.05) is 12.5 Å². The summed E-state index contributed by atoms with van der Waals surface area (Å²) in [4.78, 5) is 28.5. The third-order valence-electron chi connectivity index (χ3n) is 4.53. The average Bonchev–Trinajstić information content (AvgIpc) is 3.24. The fraction of sp³-hybridized carbons (Fsp3) is 0.143. The molecule has 30 heavy (non-hydrogen) atoms. The van der Waals surface area contributed by atoms with Crippen molar-refractivity contribution in [2.45, 2.75) is 18.7 Å². The van der Waals surface area contributed by atoms with Crippen LogP contribution < -0.4 is 5.32 Å². The number of nitrogens with one attached hydrogen (secondary N) is 1. The Morgan fingerprint density at radius 3 is 2.60 bits per heavy atom. The Balaban J connectivity index is 1.60. The van der Waals surface area contributed by atoms with Crippen molar-refractivity contribution in [3.05, 3.63) is 76.4 Å². The second-order valence-corrected chi connectivity index (χ2v) is 9.06. The maximum Gasteiger partial charge on any atom is 0.264 e. The van der Waals surface area contributed by atoms with E-state index in [4.69, 9.17) is 0 Å². The molecular formula is C21H17FN4O2S2. The number of carbonyl (C=O) groups is 2. The van der Waals surface area contributed by atoms with Crippen LogP contribution in [0.3, 0.4) is 0 Å². The molecule has 2 amide bonds. The summed E-state index contributed by atoms with van der Waals surface area (Å²) in [5, 5.41) is 9.10. The van der Waals surface area contributed by atoms with Gasteiger partial charge in [-0.1, -0.05) is 48.5 Å². The van der Waals surface area contributed by atoms with Crippen LogP contribution in [0.5, 0.6) is 0 Å². The topological polar surface area (TPSA) is 74.1 Å². The van der Waals surface area contributed by atoms with Crippen LogP contribution in [0.4, 0.5) is 4.39 Å². The highest BCUT2D eigenvalue weighted by atomic mass is 32.2. The number of amides is 2. The number of amidine groups is 2. The molecule has 2 aliphatic heterocycles. The van der Waals surface area contributed by atoms with E-state index in [2.05, 4.69) is 15.4 Å². The molecule has 4 rings (SSSR count). The maximum atomic E-state index is 13.9. The Kier molecular flexibility index (Phi) is 5.48. The molecule has 0 saturated carbocycles. The predicted octanol–water partition coefficient (Wildman–Crippen LogP) is 4.12. The van der Waals surface area contributed by atoms with E-state index >= 15 is 0 Å². The van der Waals surface area contributed by atoms with Gasteiger partial charge in [0.1, 0.15) is 10.7 Å². The molecule has 0 radical (unpaired) electrons. The molecule has 1 atom stereocenters. The Hall–Kier alpha value is -2.91. The Morgan fingerprint density at radius 1 is 1.20 bits per heavy atom. The Labute approximate surface area is 181 Å². The molecule has 0 bridgehead atoms. The van der Waals surface area contributed by atoms with Gasteiger partial charge in [-0.25, -0.2) is 9.40 Å². The zero-order valence-electron chi connectivity index (χ0n) is 16.1. The summed E-state index contributed by atoms with van der Waals surface area (Å²) in [6.45, 7) is 3.34.